The number of benzene rings is 1. The summed E-state index contributed by atoms with van der Waals surface area (Å²) >= 11 is 5.79. The van der Waals surface area contributed by atoms with E-state index in [0.717, 1.165) is 6.07 Å². The van der Waals surface area contributed by atoms with E-state index in [1.165, 1.54) is 24.4 Å². The number of nitrogens with one attached hydrogen (secondary N) is 1. The van der Waals surface area contributed by atoms with Crippen molar-refractivity contribution in [1.29, 1.82) is 0 Å². The molecule has 0 saturated carbocycles. The number of aryl methyl sites for hydroxylation is 1. The number of hydrogen-bond acceptors (Lipinski definition) is 3. The molecule has 3 N–H and O–H groups in total. The largest absolute Gasteiger partial charge is 0.352 e. The van der Waals surface area contributed by atoms with Crippen LogP contribution < -0.4 is 10.5 Å². The number of nitrogens with two attached hydrogens (primary N) is 1. The van der Waals surface area contributed by atoms with Gasteiger partial charge in [0.1, 0.15) is 16.4 Å². The van der Waals surface area contributed by atoms with Crippen LogP contribution in [-0.2, 0) is 23.6 Å². The Morgan fingerprint density at radius 3 is 2.70 bits per heavy atom. The van der Waals surface area contributed by atoms with Crippen molar-refractivity contribution in [3.8, 4) is 0 Å². The highest BCUT2D eigenvalue weighted by atomic mass is 35.5. The molecule has 0 amide bonds. The van der Waals surface area contributed by atoms with Gasteiger partial charge in [0.2, 0.25) is 0 Å². The summed E-state index contributed by atoms with van der Waals surface area (Å²) < 4.78 is 41.7. The van der Waals surface area contributed by atoms with Gasteiger partial charge in [-0.3, -0.25) is 4.72 Å². The Kier molecular flexibility index (Phi) is 4.03. The Hall–Kier alpha value is -1.57. The predicted molar refractivity (Wildman–Crippen MR) is 75.5 cm³/mol. The fourth-order valence-corrected chi connectivity index (χ4v) is 3.16. The van der Waals surface area contributed by atoms with Crippen LogP contribution in [0, 0.1) is 5.82 Å². The molecule has 0 fully saturated rings. The molecule has 0 spiro atoms. The summed E-state index contributed by atoms with van der Waals surface area (Å²) in [5.41, 5.74) is 5.86. The number of sulfonamides is 1. The minimum absolute atomic E-state index is 0.000213. The molecule has 0 aliphatic carbocycles. The Morgan fingerprint density at radius 1 is 1.45 bits per heavy atom. The number of halogens is 2. The fraction of sp³-hybridized carbons (Fsp3) is 0.167. The zero-order chi connectivity index (χ0) is 14.9. The molecule has 8 heteroatoms. The van der Waals surface area contributed by atoms with E-state index in [9.17, 15) is 12.8 Å². The van der Waals surface area contributed by atoms with Gasteiger partial charge in [0.25, 0.3) is 10.0 Å². The summed E-state index contributed by atoms with van der Waals surface area (Å²) in [5, 5.41) is -0.0106. The summed E-state index contributed by atoms with van der Waals surface area (Å²) in [7, 11) is -2.24. The van der Waals surface area contributed by atoms with Crippen LogP contribution in [0.5, 0.6) is 0 Å². The first-order valence-electron chi connectivity index (χ1n) is 5.67. The third-order valence-corrected chi connectivity index (χ3v) is 4.43. The number of nitrogens with zero attached hydrogens (tertiary/aromatic N) is 1. The highest BCUT2D eigenvalue weighted by Gasteiger charge is 2.20. The molecule has 2 aromatic rings. The van der Waals surface area contributed by atoms with E-state index in [1.54, 1.807) is 11.6 Å². The second kappa shape index (κ2) is 5.43. The maximum Gasteiger partial charge on any atom is 0.263 e. The maximum absolute atomic E-state index is 13.6. The molecule has 20 heavy (non-hydrogen) atoms. The standard InChI is InChI=1S/C12H13ClFN3O2S/c1-17-7-9(5-8(17)6-15)20(18,19)16-12-10(13)3-2-4-11(12)14/h2-5,7,16H,6,15H2,1H3. The third kappa shape index (κ3) is 2.79. The second-order valence-corrected chi connectivity index (χ2v) is 6.27. The Bertz CT molecular complexity index is 723. The SMILES string of the molecule is Cn1cc(S(=O)(=O)Nc2c(F)cccc2Cl)cc1CN. The number of para-hydroxylation sites is 1. The van der Waals surface area contributed by atoms with Crippen LogP contribution in [0.1, 0.15) is 5.69 Å². The van der Waals surface area contributed by atoms with Crippen LogP contribution in [-0.4, -0.2) is 13.0 Å². The maximum atomic E-state index is 13.6. The summed E-state index contributed by atoms with van der Waals surface area (Å²) in [4.78, 5) is -0.000213. The lowest BCUT2D eigenvalue weighted by Gasteiger charge is -2.09. The van der Waals surface area contributed by atoms with Gasteiger partial charge in [0, 0.05) is 25.5 Å². The van der Waals surface area contributed by atoms with Crippen LogP contribution in [0.25, 0.3) is 0 Å². The third-order valence-electron chi connectivity index (χ3n) is 2.80. The molecular formula is C12H13ClFN3O2S. The van der Waals surface area contributed by atoms with Crippen molar-refractivity contribution in [1.82, 2.24) is 4.57 Å². The van der Waals surface area contributed by atoms with Crippen molar-refractivity contribution in [2.24, 2.45) is 12.8 Å². The van der Waals surface area contributed by atoms with Gasteiger partial charge in [-0.2, -0.15) is 0 Å². The molecule has 0 saturated heterocycles. The Morgan fingerprint density at radius 2 is 2.15 bits per heavy atom. The molecule has 0 unspecified atom stereocenters. The lowest BCUT2D eigenvalue weighted by atomic mass is 10.3. The monoisotopic (exact) mass is 317 g/mol. The van der Waals surface area contributed by atoms with Crippen LogP contribution in [0.4, 0.5) is 10.1 Å². The quantitative estimate of drug-likeness (QED) is 0.906. The number of aromatic nitrogens is 1. The van der Waals surface area contributed by atoms with Gasteiger partial charge in [-0.25, -0.2) is 12.8 Å². The van der Waals surface area contributed by atoms with E-state index in [4.69, 9.17) is 17.3 Å². The lowest BCUT2D eigenvalue weighted by Crippen LogP contribution is -2.13. The van der Waals surface area contributed by atoms with Crippen molar-refractivity contribution in [3.05, 3.63) is 47.0 Å². The highest BCUT2D eigenvalue weighted by molar-refractivity contribution is 7.92. The van der Waals surface area contributed by atoms with E-state index in [2.05, 4.69) is 4.72 Å². The van der Waals surface area contributed by atoms with Crippen molar-refractivity contribution >= 4 is 27.3 Å². The molecule has 1 aromatic carbocycles. The van der Waals surface area contributed by atoms with Gasteiger partial charge in [-0.15, -0.1) is 0 Å². The molecule has 0 aliphatic heterocycles. The van der Waals surface area contributed by atoms with E-state index in [1.807, 2.05) is 0 Å². The van der Waals surface area contributed by atoms with Gasteiger partial charge >= 0.3 is 0 Å². The number of rotatable bonds is 4. The van der Waals surface area contributed by atoms with Gasteiger partial charge in [0.05, 0.1) is 5.02 Å². The molecular weight excluding hydrogens is 305 g/mol. The molecule has 0 aliphatic rings. The van der Waals surface area contributed by atoms with Crippen LogP contribution in [0.2, 0.25) is 5.02 Å². The number of anilines is 1. The first kappa shape index (κ1) is 14.8. The smallest absolute Gasteiger partial charge is 0.263 e. The molecule has 5 nitrogen and oxygen atoms in total. The number of hydrogen-bond donors (Lipinski definition) is 2. The molecule has 0 bridgehead atoms. The van der Waals surface area contributed by atoms with Gasteiger partial charge < -0.3 is 10.3 Å². The van der Waals surface area contributed by atoms with E-state index in [0.29, 0.717) is 5.69 Å². The summed E-state index contributed by atoms with van der Waals surface area (Å²) in [5.74, 6) is -0.740. The molecule has 108 valence electrons. The normalized spacial score (nSPS) is 11.6. The minimum Gasteiger partial charge on any atom is -0.352 e. The van der Waals surface area contributed by atoms with Crippen molar-refractivity contribution in [2.75, 3.05) is 4.72 Å². The molecule has 1 heterocycles. The van der Waals surface area contributed by atoms with E-state index < -0.39 is 15.8 Å². The van der Waals surface area contributed by atoms with Crippen LogP contribution >= 0.6 is 11.6 Å². The Labute approximate surface area is 121 Å². The van der Waals surface area contributed by atoms with Crippen molar-refractivity contribution < 1.29 is 12.8 Å². The van der Waals surface area contributed by atoms with Gasteiger partial charge in [-0.1, -0.05) is 17.7 Å². The topological polar surface area (TPSA) is 77.1 Å². The summed E-state index contributed by atoms with van der Waals surface area (Å²) in [6.07, 6.45) is 1.40. The zero-order valence-electron chi connectivity index (χ0n) is 10.6. The average Bonchev–Trinajstić information content (AvgIpc) is 2.76. The van der Waals surface area contributed by atoms with Crippen LogP contribution in [0.15, 0.2) is 35.4 Å². The van der Waals surface area contributed by atoms with E-state index in [-0.39, 0.29) is 22.2 Å². The van der Waals surface area contributed by atoms with Gasteiger partial charge in [0.15, 0.2) is 0 Å². The van der Waals surface area contributed by atoms with E-state index >= 15 is 0 Å². The molecule has 2 rings (SSSR count). The van der Waals surface area contributed by atoms with Gasteiger partial charge in [-0.05, 0) is 18.2 Å². The zero-order valence-corrected chi connectivity index (χ0v) is 12.2. The summed E-state index contributed by atoms with van der Waals surface area (Å²) in [6.45, 7) is 0.201. The second-order valence-electron chi connectivity index (χ2n) is 4.18. The molecule has 0 atom stereocenters. The van der Waals surface area contributed by atoms with Crippen molar-refractivity contribution in [2.45, 2.75) is 11.4 Å². The first-order valence-corrected chi connectivity index (χ1v) is 7.53. The van der Waals surface area contributed by atoms with Crippen LogP contribution in [0.3, 0.4) is 0 Å². The highest BCUT2D eigenvalue weighted by Crippen LogP contribution is 2.27. The summed E-state index contributed by atoms with van der Waals surface area (Å²) in [6, 6.07) is 5.35. The minimum atomic E-state index is -3.92. The average molecular weight is 318 g/mol. The van der Waals surface area contributed by atoms with Crippen molar-refractivity contribution in [3.63, 3.8) is 0 Å². The Balaban J connectivity index is 2.41. The first-order chi connectivity index (χ1) is 9.35. The molecule has 1 aromatic heterocycles. The predicted octanol–water partition coefficient (Wildman–Crippen LogP) is 2.08. The molecule has 0 radical (unpaired) electrons. The lowest BCUT2D eigenvalue weighted by molar-refractivity contribution is 0.598. The fourth-order valence-electron chi connectivity index (χ4n) is 1.72.